The van der Waals surface area contributed by atoms with E-state index in [-0.39, 0.29) is 17.2 Å². The van der Waals surface area contributed by atoms with Gasteiger partial charge in [0.05, 0.1) is 11.2 Å². The lowest BCUT2D eigenvalue weighted by Crippen LogP contribution is -2.30. The third-order valence-corrected chi connectivity index (χ3v) is 5.41. The fourth-order valence-electron chi connectivity index (χ4n) is 3.17. The zero-order valence-corrected chi connectivity index (χ0v) is 16.3. The van der Waals surface area contributed by atoms with Crippen LogP contribution >= 0.6 is 11.3 Å². The van der Waals surface area contributed by atoms with Crippen LogP contribution < -0.4 is 4.90 Å². The highest BCUT2D eigenvalue weighted by Gasteiger charge is 2.23. The molecule has 0 unspecified atom stereocenters. The first-order valence-electron chi connectivity index (χ1n) is 8.85. The van der Waals surface area contributed by atoms with Gasteiger partial charge in [0.15, 0.2) is 5.13 Å². The molecule has 4 rings (SSSR count). The minimum atomic E-state index is -0.389. The summed E-state index contributed by atoms with van der Waals surface area (Å²) in [5.74, 6) is -0.560. The highest BCUT2D eigenvalue weighted by Crippen LogP contribution is 2.32. The highest BCUT2D eigenvalue weighted by molar-refractivity contribution is 7.22. The van der Waals surface area contributed by atoms with Crippen LogP contribution in [0.5, 0.6) is 0 Å². The van der Waals surface area contributed by atoms with E-state index in [0.717, 1.165) is 16.7 Å². The van der Waals surface area contributed by atoms with Crippen molar-refractivity contribution >= 4 is 32.6 Å². The van der Waals surface area contributed by atoms with Gasteiger partial charge in [0.25, 0.3) is 5.91 Å². The van der Waals surface area contributed by atoms with Gasteiger partial charge < -0.3 is 0 Å². The molecule has 0 saturated carbocycles. The molecule has 1 amide bonds. The van der Waals surface area contributed by atoms with E-state index in [2.05, 4.69) is 9.97 Å². The number of hydrogen-bond acceptors (Lipinski definition) is 4. The lowest BCUT2D eigenvalue weighted by Gasteiger charge is -2.20. The molecule has 0 spiro atoms. The van der Waals surface area contributed by atoms with Crippen molar-refractivity contribution < 1.29 is 9.18 Å². The van der Waals surface area contributed by atoms with E-state index in [1.807, 2.05) is 50.2 Å². The Kier molecular flexibility index (Phi) is 4.88. The van der Waals surface area contributed by atoms with Crippen LogP contribution in [0.25, 0.3) is 10.2 Å². The molecule has 4 aromatic rings. The average molecular weight is 391 g/mol. The Morgan fingerprint density at radius 1 is 1.11 bits per heavy atom. The average Bonchev–Trinajstić information content (AvgIpc) is 3.11. The van der Waals surface area contributed by atoms with E-state index in [1.165, 1.54) is 17.4 Å². The molecular weight excluding hydrogens is 373 g/mol. The Labute approximate surface area is 166 Å². The van der Waals surface area contributed by atoms with Crippen LogP contribution in [0.3, 0.4) is 0 Å². The topological polar surface area (TPSA) is 46.1 Å². The maximum absolute atomic E-state index is 14.2. The highest BCUT2D eigenvalue weighted by atomic mass is 32.1. The van der Waals surface area contributed by atoms with E-state index in [4.69, 9.17) is 0 Å². The van der Waals surface area contributed by atoms with Crippen molar-refractivity contribution in [2.24, 2.45) is 0 Å². The number of fused-ring (bicyclic) bond motifs is 1. The number of aryl methyl sites for hydroxylation is 2. The second-order valence-electron chi connectivity index (χ2n) is 6.71. The van der Waals surface area contributed by atoms with Gasteiger partial charge in [-0.3, -0.25) is 14.7 Å². The van der Waals surface area contributed by atoms with Gasteiger partial charge in [-0.25, -0.2) is 9.37 Å². The fraction of sp³-hybridized carbons (Fsp3) is 0.136. The molecule has 140 valence electrons. The summed E-state index contributed by atoms with van der Waals surface area (Å²) in [6, 6.07) is 14.3. The first-order valence-corrected chi connectivity index (χ1v) is 9.67. The molecule has 6 heteroatoms. The van der Waals surface area contributed by atoms with Crippen molar-refractivity contribution in [2.75, 3.05) is 4.90 Å². The van der Waals surface area contributed by atoms with Crippen LogP contribution in [-0.4, -0.2) is 15.9 Å². The van der Waals surface area contributed by atoms with E-state index < -0.39 is 0 Å². The van der Waals surface area contributed by atoms with Crippen molar-refractivity contribution in [1.29, 1.82) is 0 Å². The molecular formula is C22H18FN3OS. The standard InChI is InChI=1S/C22H18FN3OS/c1-14-9-15(2)11-17(10-14)21(27)26(13-16-5-4-8-24-12-16)22-25-20-18(23)6-3-7-19(20)28-22/h3-12H,13H2,1-2H3. The van der Waals surface area contributed by atoms with Gasteiger partial charge in [-0.15, -0.1) is 0 Å². The Bertz CT molecular complexity index is 1140. The third-order valence-electron chi connectivity index (χ3n) is 4.37. The van der Waals surface area contributed by atoms with Crippen LogP contribution in [0.15, 0.2) is 60.9 Å². The number of nitrogens with zero attached hydrogens (tertiary/aromatic N) is 3. The number of hydrogen-bond donors (Lipinski definition) is 0. The lowest BCUT2D eigenvalue weighted by molar-refractivity contribution is 0.0985. The SMILES string of the molecule is Cc1cc(C)cc(C(=O)N(Cc2cccnc2)c2nc3c(F)cccc3s2)c1. The first kappa shape index (κ1) is 18.3. The summed E-state index contributed by atoms with van der Waals surface area (Å²) >= 11 is 1.30. The zero-order chi connectivity index (χ0) is 19.7. The predicted molar refractivity (Wildman–Crippen MR) is 110 cm³/mol. The molecule has 4 nitrogen and oxygen atoms in total. The van der Waals surface area contributed by atoms with Gasteiger partial charge in [-0.1, -0.05) is 40.7 Å². The van der Waals surface area contributed by atoms with Crippen LogP contribution in [0, 0.1) is 19.7 Å². The number of thiazole rings is 1. The van der Waals surface area contributed by atoms with Crippen LogP contribution in [0.4, 0.5) is 9.52 Å². The van der Waals surface area contributed by atoms with E-state index >= 15 is 0 Å². The van der Waals surface area contributed by atoms with Gasteiger partial charge in [0.1, 0.15) is 11.3 Å². The second kappa shape index (κ2) is 7.48. The number of rotatable bonds is 4. The maximum atomic E-state index is 14.2. The summed E-state index contributed by atoms with van der Waals surface area (Å²) in [6.07, 6.45) is 3.41. The molecule has 0 saturated heterocycles. The lowest BCUT2D eigenvalue weighted by atomic mass is 10.1. The predicted octanol–water partition coefficient (Wildman–Crippen LogP) is 5.29. The minimum absolute atomic E-state index is 0.171. The molecule has 0 N–H and O–H groups in total. The smallest absolute Gasteiger partial charge is 0.260 e. The van der Waals surface area contributed by atoms with Gasteiger partial charge in [-0.2, -0.15) is 0 Å². The Morgan fingerprint density at radius 2 is 1.89 bits per heavy atom. The Morgan fingerprint density at radius 3 is 2.57 bits per heavy atom. The van der Waals surface area contributed by atoms with Gasteiger partial charge in [0.2, 0.25) is 0 Å². The van der Waals surface area contributed by atoms with Crippen molar-refractivity contribution in [2.45, 2.75) is 20.4 Å². The minimum Gasteiger partial charge on any atom is -0.279 e. The molecule has 2 heterocycles. The molecule has 0 bridgehead atoms. The van der Waals surface area contributed by atoms with E-state index in [9.17, 15) is 9.18 Å². The largest absolute Gasteiger partial charge is 0.279 e. The second-order valence-corrected chi connectivity index (χ2v) is 7.72. The fourth-order valence-corrected chi connectivity index (χ4v) is 4.15. The number of aromatic nitrogens is 2. The van der Waals surface area contributed by atoms with Crippen molar-refractivity contribution in [3.8, 4) is 0 Å². The van der Waals surface area contributed by atoms with Gasteiger partial charge >= 0.3 is 0 Å². The van der Waals surface area contributed by atoms with E-state index in [1.54, 1.807) is 23.4 Å². The normalized spacial score (nSPS) is 11.0. The molecule has 0 radical (unpaired) electrons. The quantitative estimate of drug-likeness (QED) is 0.475. The van der Waals surface area contributed by atoms with Crippen LogP contribution in [-0.2, 0) is 6.54 Å². The number of halogens is 1. The molecule has 0 aliphatic heterocycles. The monoisotopic (exact) mass is 391 g/mol. The van der Waals surface area contributed by atoms with E-state index in [0.29, 0.717) is 21.9 Å². The van der Waals surface area contributed by atoms with Gasteiger partial charge in [0, 0.05) is 18.0 Å². The molecule has 0 fully saturated rings. The Hall–Kier alpha value is -3.12. The van der Waals surface area contributed by atoms with Gasteiger partial charge in [-0.05, 0) is 49.7 Å². The number of anilines is 1. The summed E-state index contributed by atoms with van der Waals surface area (Å²) in [4.78, 5) is 23.5. The summed E-state index contributed by atoms with van der Waals surface area (Å²) in [6.45, 7) is 4.23. The van der Waals surface area contributed by atoms with Crippen LogP contribution in [0.1, 0.15) is 27.0 Å². The molecule has 0 aliphatic rings. The first-order chi connectivity index (χ1) is 13.5. The van der Waals surface area contributed by atoms with Crippen molar-refractivity contribution in [1.82, 2.24) is 9.97 Å². The number of benzene rings is 2. The van der Waals surface area contributed by atoms with Crippen LogP contribution in [0.2, 0.25) is 0 Å². The molecule has 2 aromatic carbocycles. The number of carbonyl (C=O) groups excluding carboxylic acids is 1. The molecule has 0 atom stereocenters. The maximum Gasteiger partial charge on any atom is 0.260 e. The molecule has 2 aromatic heterocycles. The number of amides is 1. The van der Waals surface area contributed by atoms with Crippen molar-refractivity contribution in [3.63, 3.8) is 0 Å². The summed E-state index contributed by atoms with van der Waals surface area (Å²) < 4.78 is 14.9. The number of carbonyl (C=O) groups is 1. The summed E-state index contributed by atoms with van der Waals surface area (Å²) in [7, 11) is 0. The number of pyridine rings is 1. The molecule has 28 heavy (non-hydrogen) atoms. The summed E-state index contributed by atoms with van der Waals surface area (Å²) in [5, 5.41) is 0.466. The zero-order valence-electron chi connectivity index (χ0n) is 15.5. The third kappa shape index (κ3) is 3.64. The molecule has 0 aliphatic carbocycles. The summed E-state index contributed by atoms with van der Waals surface area (Å²) in [5.41, 5.74) is 3.77. The van der Waals surface area contributed by atoms with Crippen molar-refractivity contribution in [3.05, 3.63) is 89.0 Å². The Balaban J connectivity index is 1.80. The number of para-hydroxylation sites is 1.